The average molecular weight is 450 g/mol. The fourth-order valence-corrected chi connectivity index (χ4v) is 4.63. The van der Waals surface area contributed by atoms with Gasteiger partial charge in [0.2, 0.25) is 0 Å². The Labute approximate surface area is 187 Å². The lowest BCUT2D eigenvalue weighted by molar-refractivity contribution is 0.102. The Morgan fingerprint density at radius 1 is 1.23 bits per heavy atom. The van der Waals surface area contributed by atoms with E-state index in [1.165, 1.54) is 11.8 Å². The SMILES string of the molecule is CSc1nc(-c2cccs2)nc(C)c1C(=O)Nc1cccc(-c2nnnn2C2CC2)c1. The number of thioether (sulfide) groups is 1. The molecule has 0 bridgehead atoms. The van der Waals surface area contributed by atoms with Crippen molar-refractivity contribution in [2.45, 2.75) is 30.8 Å². The second kappa shape index (κ2) is 8.20. The number of hydrogen-bond acceptors (Lipinski definition) is 8. The number of benzene rings is 1. The van der Waals surface area contributed by atoms with Crippen LogP contribution in [0.15, 0.2) is 46.8 Å². The third-order valence-corrected chi connectivity index (χ3v) is 6.53. The molecule has 0 unspecified atom stereocenters. The van der Waals surface area contributed by atoms with E-state index in [9.17, 15) is 4.79 Å². The lowest BCUT2D eigenvalue weighted by atomic mass is 10.1. The van der Waals surface area contributed by atoms with Crippen LogP contribution >= 0.6 is 23.1 Å². The minimum atomic E-state index is -0.237. The molecule has 0 spiro atoms. The van der Waals surface area contributed by atoms with Gasteiger partial charge in [-0.3, -0.25) is 4.79 Å². The molecule has 0 radical (unpaired) electrons. The highest BCUT2D eigenvalue weighted by Crippen LogP contribution is 2.37. The lowest BCUT2D eigenvalue weighted by Gasteiger charge is -2.12. The van der Waals surface area contributed by atoms with E-state index in [0.717, 1.165) is 23.3 Å². The molecule has 156 valence electrons. The molecule has 10 heteroatoms. The molecule has 5 rings (SSSR count). The van der Waals surface area contributed by atoms with E-state index >= 15 is 0 Å². The number of nitrogens with zero attached hydrogens (tertiary/aromatic N) is 6. The van der Waals surface area contributed by atoms with Crippen molar-refractivity contribution in [2.24, 2.45) is 0 Å². The van der Waals surface area contributed by atoms with Crippen LogP contribution < -0.4 is 5.32 Å². The summed E-state index contributed by atoms with van der Waals surface area (Å²) in [5.41, 5.74) is 2.66. The van der Waals surface area contributed by atoms with Crippen LogP contribution in [0.4, 0.5) is 5.69 Å². The molecule has 3 heterocycles. The Hall–Kier alpha value is -3.11. The highest BCUT2D eigenvalue weighted by atomic mass is 32.2. The molecule has 0 aliphatic heterocycles. The summed E-state index contributed by atoms with van der Waals surface area (Å²) in [4.78, 5) is 23.3. The second-order valence-corrected chi connectivity index (χ2v) is 8.95. The molecule has 8 nitrogen and oxygen atoms in total. The number of nitrogens with one attached hydrogen (secondary N) is 1. The van der Waals surface area contributed by atoms with Gasteiger partial charge in [-0.1, -0.05) is 18.2 Å². The fraction of sp³-hybridized carbons (Fsp3) is 0.238. The molecular formula is C21H19N7OS2. The zero-order valence-electron chi connectivity index (χ0n) is 16.9. The van der Waals surface area contributed by atoms with Crippen LogP contribution in [-0.2, 0) is 0 Å². The monoisotopic (exact) mass is 449 g/mol. The smallest absolute Gasteiger partial charge is 0.260 e. The first-order chi connectivity index (χ1) is 15.1. The van der Waals surface area contributed by atoms with Crippen LogP contribution in [0.2, 0.25) is 0 Å². The van der Waals surface area contributed by atoms with E-state index < -0.39 is 0 Å². The van der Waals surface area contributed by atoms with Crippen molar-refractivity contribution < 1.29 is 4.79 Å². The van der Waals surface area contributed by atoms with Crippen LogP contribution in [-0.4, -0.2) is 42.3 Å². The molecule has 1 N–H and O–H groups in total. The third kappa shape index (κ3) is 3.96. The third-order valence-electron chi connectivity index (χ3n) is 4.98. The summed E-state index contributed by atoms with van der Waals surface area (Å²) in [6, 6.07) is 11.9. The molecule has 1 saturated carbocycles. The Balaban J connectivity index is 1.43. The van der Waals surface area contributed by atoms with Crippen LogP contribution in [0.3, 0.4) is 0 Å². The number of carbonyl (C=O) groups excluding carboxylic acids is 1. The van der Waals surface area contributed by atoms with Crippen molar-refractivity contribution in [1.82, 2.24) is 30.2 Å². The standard InChI is InChI=1S/C21H19N7OS2/c1-12-17(21(30-2)24-18(22-12)16-7-4-10-31-16)20(29)23-14-6-3-5-13(11-14)19-25-26-27-28(19)15-8-9-15/h3-7,10-11,15H,8-9H2,1-2H3,(H,23,29). The van der Waals surface area contributed by atoms with Crippen molar-refractivity contribution >= 4 is 34.7 Å². The molecule has 1 aliphatic carbocycles. The van der Waals surface area contributed by atoms with Crippen LogP contribution in [0.25, 0.3) is 22.1 Å². The molecule has 3 aromatic heterocycles. The summed E-state index contributed by atoms with van der Waals surface area (Å²) >= 11 is 3.01. The molecular weight excluding hydrogens is 430 g/mol. The van der Waals surface area contributed by atoms with Gasteiger partial charge < -0.3 is 5.32 Å². The molecule has 0 atom stereocenters. The molecule has 4 aromatic rings. The van der Waals surface area contributed by atoms with Crippen molar-refractivity contribution in [3.05, 3.63) is 53.0 Å². The van der Waals surface area contributed by atoms with E-state index in [1.807, 2.05) is 59.6 Å². The van der Waals surface area contributed by atoms with Crippen LogP contribution in [0.1, 0.15) is 34.9 Å². The van der Waals surface area contributed by atoms with E-state index in [0.29, 0.717) is 39.7 Å². The maximum absolute atomic E-state index is 13.1. The molecule has 31 heavy (non-hydrogen) atoms. The Kier molecular flexibility index (Phi) is 5.24. The molecule has 1 fully saturated rings. The van der Waals surface area contributed by atoms with Gasteiger partial charge in [-0.25, -0.2) is 14.6 Å². The quantitative estimate of drug-likeness (QED) is 0.342. The van der Waals surface area contributed by atoms with E-state index in [2.05, 4.69) is 30.8 Å². The number of aryl methyl sites for hydroxylation is 1. The maximum Gasteiger partial charge on any atom is 0.260 e. The molecule has 1 amide bonds. The number of anilines is 1. The van der Waals surface area contributed by atoms with Crippen LogP contribution in [0, 0.1) is 6.92 Å². The average Bonchev–Trinajstić information content (AvgIpc) is 3.26. The predicted octanol–water partition coefficient (Wildman–Crippen LogP) is 4.48. The van der Waals surface area contributed by atoms with Gasteiger partial charge in [0.25, 0.3) is 5.91 Å². The topological polar surface area (TPSA) is 98.5 Å². The van der Waals surface area contributed by atoms with E-state index in [1.54, 1.807) is 11.3 Å². The van der Waals surface area contributed by atoms with Gasteiger partial charge >= 0.3 is 0 Å². The first kappa shape index (κ1) is 19.8. The highest BCUT2D eigenvalue weighted by Gasteiger charge is 2.28. The number of carbonyl (C=O) groups is 1. The maximum atomic E-state index is 13.1. The van der Waals surface area contributed by atoms with Crippen molar-refractivity contribution in [3.8, 4) is 22.1 Å². The van der Waals surface area contributed by atoms with Gasteiger partial charge in [-0.2, -0.15) is 0 Å². The first-order valence-corrected chi connectivity index (χ1v) is 11.9. The van der Waals surface area contributed by atoms with Crippen molar-refractivity contribution in [3.63, 3.8) is 0 Å². The number of tetrazole rings is 1. The van der Waals surface area contributed by atoms with Gasteiger partial charge in [0, 0.05) is 11.3 Å². The summed E-state index contributed by atoms with van der Waals surface area (Å²) in [6.07, 6.45) is 4.09. The molecule has 0 saturated heterocycles. The number of amides is 1. The number of aromatic nitrogens is 6. The normalized spacial score (nSPS) is 13.4. The Bertz CT molecular complexity index is 1250. The summed E-state index contributed by atoms with van der Waals surface area (Å²) in [5.74, 6) is 1.11. The van der Waals surface area contributed by atoms with Crippen molar-refractivity contribution in [2.75, 3.05) is 11.6 Å². The fourth-order valence-electron chi connectivity index (χ4n) is 3.35. The van der Waals surface area contributed by atoms with E-state index in [-0.39, 0.29) is 5.91 Å². The van der Waals surface area contributed by atoms with Gasteiger partial charge in [0.05, 0.1) is 22.2 Å². The summed E-state index contributed by atoms with van der Waals surface area (Å²) in [5, 5.41) is 17.7. The molecule has 1 aromatic carbocycles. The summed E-state index contributed by atoms with van der Waals surface area (Å²) in [6.45, 7) is 1.84. The number of hydrogen-bond donors (Lipinski definition) is 1. The Morgan fingerprint density at radius 3 is 2.84 bits per heavy atom. The summed E-state index contributed by atoms with van der Waals surface area (Å²) in [7, 11) is 0. The first-order valence-electron chi connectivity index (χ1n) is 9.80. The zero-order valence-corrected chi connectivity index (χ0v) is 18.6. The highest BCUT2D eigenvalue weighted by molar-refractivity contribution is 7.98. The van der Waals surface area contributed by atoms with Gasteiger partial charge in [0.15, 0.2) is 11.6 Å². The predicted molar refractivity (Wildman–Crippen MR) is 121 cm³/mol. The number of rotatable bonds is 6. The van der Waals surface area contributed by atoms with Gasteiger partial charge in [-0.05, 0) is 60.0 Å². The lowest BCUT2D eigenvalue weighted by Crippen LogP contribution is -2.17. The van der Waals surface area contributed by atoms with Crippen molar-refractivity contribution in [1.29, 1.82) is 0 Å². The van der Waals surface area contributed by atoms with Crippen LogP contribution in [0.5, 0.6) is 0 Å². The second-order valence-electron chi connectivity index (χ2n) is 7.21. The molecule has 1 aliphatic rings. The van der Waals surface area contributed by atoms with E-state index in [4.69, 9.17) is 0 Å². The largest absolute Gasteiger partial charge is 0.322 e. The minimum absolute atomic E-state index is 0.237. The minimum Gasteiger partial charge on any atom is -0.322 e. The number of thiophene rings is 1. The zero-order chi connectivity index (χ0) is 21.4. The van der Waals surface area contributed by atoms with Gasteiger partial charge in [0.1, 0.15) is 5.03 Å². The van der Waals surface area contributed by atoms with Gasteiger partial charge in [-0.15, -0.1) is 28.2 Å². The Morgan fingerprint density at radius 2 is 2.10 bits per heavy atom. The summed E-state index contributed by atoms with van der Waals surface area (Å²) < 4.78 is 1.86.